The molecule has 1 atom stereocenters. The summed E-state index contributed by atoms with van der Waals surface area (Å²) < 4.78 is 44.1. The lowest BCUT2D eigenvalue weighted by molar-refractivity contribution is 0.204. The Morgan fingerprint density at radius 2 is 1.95 bits per heavy atom. The first-order valence-corrected chi connectivity index (χ1v) is 13.9. The summed E-state index contributed by atoms with van der Waals surface area (Å²) in [5.74, 6) is 0.952. The molecule has 5 aromatic rings. The Bertz CT molecular complexity index is 1700. The third kappa shape index (κ3) is 5.04. The molecule has 6 rings (SSSR count). The molecule has 4 N–H and O–H groups in total. The van der Waals surface area contributed by atoms with E-state index in [0.717, 1.165) is 47.7 Å². The quantitative estimate of drug-likeness (QED) is 0.280. The van der Waals surface area contributed by atoms with Gasteiger partial charge in [0.25, 0.3) is 0 Å². The summed E-state index contributed by atoms with van der Waals surface area (Å²) in [5, 5.41) is 3.80. The van der Waals surface area contributed by atoms with Gasteiger partial charge >= 0.3 is 0 Å². The second-order valence-corrected chi connectivity index (χ2v) is 10.6. The van der Waals surface area contributed by atoms with Gasteiger partial charge in [0, 0.05) is 37.1 Å². The van der Waals surface area contributed by atoms with Crippen molar-refractivity contribution in [2.24, 2.45) is 0 Å². The minimum atomic E-state index is -1.51. The molecule has 0 amide bonds. The number of hydrogen-bond acceptors (Lipinski definition) is 8. The Labute approximate surface area is 225 Å². The average Bonchev–Trinajstić information content (AvgIpc) is 3.63. The molecule has 2 aromatic carbocycles. The third-order valence-electron chi connectivity index (χ3n) is 6.70. The number of ether oxygens (including phenoxy) is 2. The van der Waals surface area contributed by atoms with E-state index in [1.54, 1.807) is 0 Å². The fourth-order valence-corrected chi connectivity index (χ4v) is 5.49. The van der Waals surface area contributed by atoms with E-state index in [9.17, 15) is 8.60 Å². The number of nitrogens with one attached hydrogen (secondary N) is 2. The molecule has 0 saturated heterocycles. The van der Waals surface area contributed by atoms with Gasteiger partial charge in [-0.15, -0.1) is 0 Å². The highest BCUT2D eigenvalue weighted by atomic mass is 32.2. The van der Waals surface area contributed by atoms with Gasteiger partial charge < -0.3 is 29.7 Å². The summed E-state index contributed by atoms with van der Waals surface area (Å²) in [6, 6.07) is 8.48. The van der Waals surface area contributed by atoms with Gasteiger partial charge in [-0.05, 0) is 43.4 Å². The molecule has 39 heavy (non-hydrogen) atoms. The molecule has 0 spiro atoms. The van der Waals surface area contributed by atoms with E-state index in [1.807, 2.05) is 31.3 Å². The van der Waals surface area contributed by atoms with Gasteiger partial charge in [-0.3, -0.25) is 4.21 Å². The summed E-state index contributed by atoms with van der Waals surface area (Å²) in [6.45, 7) is 1.82. The van der Waals surface area contributed by atoms with Crippen molar-refractivity contribution in [3.63, 3.8) is 0 Å². The maximum atomic E-state index is 14.7. The van der Waals surface area contributed by atoms with Crippen LogP contribution in [-0.2, 0) is 10.8 Å². The van der Waals surface area contributed by atoms with Crippen LogP contribution in [-0.4, -0.2) is 49.1 Å². The average molecular weight is 554 g/mol. The number of aryl methyl sites for hydroxylation is 1. The zero-order valence-electron chi connectivity index (χ0n) is 21.6. The van der Waals surface area contributed by atoms with Crippen LogP contribution in [0.3, 0.4) is 0 Å². The number of aromatic amines is 1. The van der Waals surface area contributed by atoms with Gasteiger partial charge in [0.2, 0.25) is 11.8 Å². The van der Waals surface area contributed by atoms with Crippen LogP contribution in [0.25, 0.3) is 33.3 Å². The number of methoxy groups -OCH3 is 1. The first-order chi connectivity index (χ1) is 18.4. The summed E-state index contributed by atoms with van der Waals surface area (Å²) >= 11 is 0. The first-order valence-electron chi connectivity index (χ1n) is 12.3. The zero-order chi connectivity index (χ0) is 26.4. The minimum absolute atomic E-state index is 0. The summed E-state index contributed by atoms with van der Waals surface area (Å²) in [4.78, 5) is 17.0. The van der Waals surface area contributed by atoms with Crippen molar-refractivity contribution in [2.75, 3.05) is 18.7 Å². The Morgan fingerprint density at radius 1 is 1.15 bits per heavy atom. The predicted molar refractivity (Wildman–Crippen MR) is 147 cm³/mol. The molecule has 3 heterocycles. The van der Waals surface area contributed by atoms with Crippen molar-refractivity contribution >= 4 is 44.6 Å². The Morgan fingerprint density at radius 3 is 2.69 bits per heavy atom. The highest BCUT2D eigenvalue weighted by Gasteiger charge is 2.23. The number of rotatable bonds is 7. The van der Waals surface area contributed by atoms with E-state index in [0.29, 0.717) is 34.4 Å². The summed E-state index contributed by atoms with van der Waals surface area (Å²) in [5.41, 5.74) is 4.13. The van der Waals surface area contributed by atoms with E-state index in [4.69, 9.17) is 18.9 Å². The van der Waals surface area contributed by atoms with Crippen molar-refractivity contribution in [3.05, 3.63) is 48.2 Å². The van der Waals surface area contributed by atoms with Crippen LogP contribution in [0.4, 0.5) is 16.0 Å². The fraction of sp³-hybridized carbons (Fsp3) is 0.296. The summed E-state index contributed by atoms with van der Waals surface area (Å²) in [7, 11) is -0.0434. The molecule has 12 heteroatoms. The third-order valence-corrected chi connectivity index (χ3v) is 7.63. The van der Waals surface area contributed by atoms with Gasteiger partial charge in [0.05, 0.1) is 33.9 Å². The number of fused-ring (bicyclic) bond motifs is 2. The van der Waals surface area contributed by atoms with Gasteiger partial charge in [-0.1, -0.05) is 6.07 Å². The van der Waals surface area contributed by atoms with Gasteiger partial charge in [-0.2, -0.15) is 9.97 Å². The van der Waals surface area contributed by atoms with Gasteiger partial charge in [-0.25, -0.2) is 9.37 Å². The molecular formula is C27H28FN5O5S. The normalized spacial score (nSPS) is 14.5. The van der Waals surface area contributed by atoms with Crippen molar-refractivity contribution in [2.45, 2.75) is 43.6 Å². The zero-order valence-corrected chi connectivity index (χ0v) is 22.4. The second-order valence-electron chi connectivity index (χ2n) is 9.28. The van der Waals surface area contributed by atoms with Crippen molar-refractivity contribution < 1.29 is 28.0 Å². The highest BCUT2D eigenvalue weighted by Crippen LogP contribution is 2.38. The smallest absolute Gasteiger partial charge is 0.232 e. The molecule has 1 saturated carbocycles. The fourth-order valence-electron chi connectivity index (χ4n) is 4.88. The topological polar surface area (TPSA) is 147 Å². The number of aromatic nitrogens is 4. The number of anilines is 2. The van der Waals surface area contributed by atoms with Crippen LogP contribution in [0, 0.1) is 12.7 Å². The van der Waals surface area contributed by atoms with Crippen LogP contribution in [0.5, 0.6) is 11.6 Å². The number of oxazole rings is 1. The van der Waals surface area contributed by atoms with Crippen LogP contribution >= 0.6 is 0 Å². The molecule has 0 aliphatic heterocycles. The van der Waals surface area contributed by atoms with Crippen molar-refractivity contribution in [3.8, 4) is 22.8 Å². The maximum absolute atomic E-state index is 14.7. The molecule has 0 bridgehead atoms. The van der Waals surface area contributed by atoms with Crippen molar-refractivity contribution in [1.29, 1.82) is 0 Å². The van der Waals surface area contributed by atoms with Gasteiger partial charge in [0.1, 0.15) is 28.8 Å². The van der Waals surface area contributed by atoms with Crippen LogP contribution < -0.4 is 14.8 Å². The Kier molecular flexibility index (Phi) is 7.23. The summed E-state index contributed by atoms with van der Waals surface area (Å²) in [6.07, 6.45) is 7.44. The Balaban J connectivity index is 0.00000308. The SMILES string of the molecule is COc1cc(S(C)=O)c(F)cc1Nc1nc(OC2CCCC2)c2c(-c3ccc4nc(C)oc4c3)c[nH]c2n1.O. The molecule has 1 unspecified atom stereocenters. The molecule has 1 aliphatic rings. The molecule has 0 radical (unpaired) electrons. The van der Waals surface area contributed by atoms with Crippen LogP contribution in [0.2, 0.25) is 0 Å². The number of nitrogens with zero attached hydrogens (tertiary/aromatic N) is 3. The highest BCUT2D eigenvalue weighted by molar-refractivity contribution is 7.84. The lowest BCUT2D eigenvalue weighted by atomic mass is 10.1. The van der Waals surface area contributed by atoms with E-state index in [1.165, 1.54) is 25.5 Å². The number of halogens is 1. The number of benzene rings is 2. The standard InChI is InChI=1S/C27H26FN5O4S.H2O/c1-14-30-19-9-8-15(10-22(19)36-14)17-13-29-25-24(17)26(37-16-6-4-5-7-16)33-27(32-25)31-20-11-18(28)23(38(3)34)12-21(20)35-2;/h8-13,16H,4-7H2,1-3H3,(H2,29,31,32,33);1H2. The first kappa shape index (κ1) is 26.6. The van der Waals surface area contributed by atoms with Gasteiger partial charge in [0.15, 0.2) is 11.5 Å². The molecule has 1 aliphatic carbocycles. The number of hydrogen-bond donors (Lipinski definition) is 2. The van der Waals surface area contributed by atoms with E-state index in [-0.39, 0.29) is 22.4 Å². The molecule has 10 nitrogen and oxygen atoms in total. The predicted octanol–water partition coefficient (Wildman–Crippen LogP) is 5.20. The maximum Gasteiger partial charge on any atom is 0.232 e. The number of H-pyrrole nitrogens is 1. The lowest BCUT2D eigenvalue weighted by Crippen LogP contribution is -2.13. The second kappa shape index (κ2) is 10.6. The van der Waals surface area contributed by atoms with E-state index in [2.05, 4.69) is 20.3 Å². The molecule has 1 fully saturated rings. The van der Waals surface area contributed by atoms with Crippen LogP contribution in [0.15, 0.2) is 45.8 Å². The minimum Gasteiger partial charge on any atom is -0.495 e. The largest absolute Gasteiger partial charge is 0.495 e. The molecule has 204 valence electrons. The molecular weight excluding hydrogens is 525 g/mol. The molecule has 3 aromatic heterocycles. The van der Waals surface area contributed by atoms with E-state index < -0.39 is 16.6 Å². The van der Waals surface area contributed by atoms with Crippen molar-refractivity contribution in [1.82, 2.24) is 19.9 Å². The van der Waals surface area contributed by atoms with E-state index >= 15 is 0 Å². The monoisotopic (exact) mass is 553 g/mol. The Hall–Kier alpha value is -4.03. The lowest BCUT2D eigenvalue weighted by Gasteiger charge is -2.16. The van der Waals surface area contributed by atoms with Crippen LogP contribution in [0.1, 0.15) is 31.6 Å².